The van der Waals surface area contributed by atoms with E-state index >= 15 is 0 Å². The van der Waals surface area contributed by atoms with E-state index in [2.05, 4.69) is 4.98 Å². The second-order valence-corrected chi connectivity index (χ2v) is 5.98. The molecule has 0 spiro atoms. The standard InChI is InChI=1S/C14H14N2OS2/c1-10(17)18-8-2-3-11-4-6-12(7-5-11)13-9-19-14(15)16-13/h2-7,9H,8H2,1H3,(H2,15,16). The first-order chi connectivity index (χ1) is 9.15. The largest absolute Gasteiger partial charge is 0.375 e. The average molecular weight is 290 g/mol. The highest BCUT2D eigenvalue weighted by Crippen LogP contribution is 2.23. The number of carbonyl (C=O) groups excluding carboxylic acids is 1. The van der Waals surface area contributed by atoms with Crippen molar-refractivity contribution >= 4 is 39.4 Å². The van der Waals surface area contributed by atoms with Crippen LogP contribution >= 0.6 is 23.1 Å². The maximum atomic E-state index is 10.8. The molecule has 0 radical (unpaired) electrons. The number of nitrogen functional groups attached to an aromatic ring is 1. The zero-order valence-corrected chi connectivity index (χ0v) is 12.1. The monoisotopic (exact) mass is 290 g/mol. The summed E-state index contributed by atoms with van der Waals surface area (Å²) in [4.78, 5) is 15.0. The Balaban J connectivity index is 2.00. The average Bonchev–Trinajstić information content (AvgIpc) is 2.82. The highest BCUT2D eigenvalue weighted by molar-refractivity contribution is 8.13. The quantitative estimate of drug-likeness (QED) is 0.933. The second kappa shape index (κ2) is 6.54. The SMILES string of the molecule is CC(=O)SCC=Cc1ccc(-c2csc(N)n2)cc1. The first kappa shape index (κ1) is 13.8. The number of thiazole rings is 1. The Labute approximate surface area is 120 Å². The maximum absolute atomic E-state index is 10.8. The van der Waals surface area contributed by atoms with Crippen molar-refractivity contribution < 1.29 is 4.79 Å². The summed E-state index contributed by atoms with van der Waals surface area (Å²) in [6, 6.07) is 8.10. The smallest absolute Gasteiger partial charge is 0.186 e. The van der Waals surface area contributed by atoms with Gasteiger partial charge in [-0.05, 0) is 5.56 Å². The van der Waals surface area contributed by atoms with Crippen LogP contribution in [-0.4, -0.2) is 15.9 Å². The van der Waals surface area contributed by atoms with Gasteiger partial charge in [0, 0.05) is 23.6 Å². The molecule has 0 aliphatic carbocycles. The van der Waals surface area contributed by atoms with E-state index in [4.69, 9.17) is 5.73 Å². The maximum Gasteiger partial charge on any atom is 0.186 e. The van der Waals surface area contributed by atoms with E-state index in [1.807, 2.05) is 41.8 Å². The van der Waals surface area contributed by atoms with Crippen molar-refractivity contribution in [3.05, 3.63) is 41.3 Å². The Bertz CT molecular complexity index is 588. The van der Waals surface area contributed by atoms with Crippen molar-refractivity contribution in [3.63, 3.8) is 0 Å². The molecule has 0 amide bonds. The molecule has 3 nitrogen and oxygen atoms in total. The number of nitrogens with zero attached hydrogens (tertiary/aromatic N) is 1. The molecule has 98 valence electrons. The van der Waals surface area contributed by atoms with Gasteiger partial charge in [0.15, 0.2) is 10.2 Å². The van der Waals surface area contributed by atoms with Crippen LogP contribution in [0.1, 0.15) is 12.5 Å². The number of hydrogen-bond donors (Lipinski definition) is 1. The van der Waals surface area contributed by atoms with Crippen LogP contribution in [0.5, 0.6) is 0 Å². The van der Waals surface area contributed by atoms with Gasteiger partial charge in [0.2, 0.25) is 0 Å². The second-order valence-electron chi connectivity index (χ2n) is 3.90. The fourth-order valence-corrected chi connectivity index (χ4v) is 2.53. The first-order valence-corrected chi connectivity index (χ1v) is 7.63. The molecule has 0 saturated heterocycles. The number of anilines is 1. The van der Waals surface area contributed by atoms with Gasteiger partial charge < -0.3 is 5.73 Å². The summed E-state index contributed by atoms with van der Waals surface area (Å²) in [5.41, 5.74) is 8.69. The Hall–Kier alpha value is -1.59. The van der Waals surface area contributed by atoms with Crippen LogP contribution in [0.4, 0.5) is 5.13 Å². The van der Waals surface area contributed by atoms with Gasteiger partial charge in [0.25, 0.3) is 0 Å². The van der Waals surface area contributed by atoms with E-state index in [-0.39, 0.29) is 5.12 Å². The van der Waals surface area contributed by atoms with Crippen LogP contribution in [0, 0.1) is 0 Å². The van der Waals surface area contributed by atoms with E-state index in [1.54, 1.807) is 6.92 Å². The summed E-state index contributed by atoms with van der Waals surface area (Å²) in [5.74, 6) is 0.708. The molecule has 0 fully saturated rings. The molecule has 0 bridgehead atoms. The van der Waals surface area contributed by atoms with Crippen molar-refractivity contribution in [2.75, 3.05) is 11.5 Å². The minimum Gasteiger partial charge on any atom is -0.375 e. The summed E-state index contributed by atoms with van der Waals surface area (Å²) in [6.45, 7) is 1.58. The topological polar surface area (TPSA) is 56.0 Å². The predicted octanol–water partition coefficient (Wildman–Crippen LogP) is 3.69. The fourth-order valence-electron chi connectivity index (χ4n) is 1.53. The third kappa shape index (κ3) is 4.22. The van der Waals surface area contributed by atoms with Crippen molar-refractivity contribution in [1.29, 1.82) is 0 Å². The first-order valence-electron chi connectivity index (χ1n) is 5.76. The molecule has 0 saturated carbocycles. The van der Waals surface area contributed by atoms with Crippen LogP contribution in [-0.2, 0) is 4.79 Å². The summed E-state index contributed by atoms with van der Waals surface area (Å²) in [6.07, 6.45) is 4.00. The lowest BCUT2D eigenvalue weighted by molar-refractivity contribution is -0.109. The van der Waals surface area contributed by atoms with E-state index in [0.29, 0.717) is 10.9 Å². The number of carbonyl (C=O) groups is 1. The molecule has 5 heteroatoms. The minimum atomic E-state index is 0.140. The van der Waals surface area contributed by atoms with E-state index < -0.39 is 0 Å². The van der Waals surface area contributed by atoms with Gasteiger partial charge in [-0.1, -0.05) is 48.2 Å². The molecule has 1 aromatic heterocycles. The van der Waals surface area contributed by atoms with Crippen molar-refractivity contribution in [2.24, 2.45) is 0 Å². The normalized spacial score (nSPS) is 11.0. The van der Waals surface area contributed by atoms with Gasteiger partial charge in [-0.15, -0.1) is 11.3 Å². The van der Waals surface area contributed by atoms with Gasteiger partial charge in [-0.3, -0.25) is 4.79 Å². The molecule has 2 rings (SSSR count). The fraction of sp³-hybridized carbons (Fsp3) is 0.143. The van der Waals surface area contributed by atoms with Crippen LogP contribution in [0.2, 0.25) is 0 Å². The third-order valence-corrected chi connectivity index (χ3v) is 3.86. The highest BCUT2D eigenvalue weighted by atomic mass is 32.2. The number of benzene rings is 1. The molecule has 0 atom stereocenters. The molecule has 19 heavy (non-hydrogen) atoms. The highest BCUT2D eigenvalue weighted by Gasteiger charge is 2.01. The molecule has 2 N–H and O–H groups in total. The molecular formula is C14H14N2OS2. The Morgan fingerprint density at radius 2 is 2.16 bits per heavy atom. The van der Waals surface area contributed by atoms with Crippen LogP contribution in [0.3, 0.4) is 0 Å². The Morgan fingerprint density at radius 3 is 2.74 bits per heavy atom. The van der Waals surface area contributed by atoms with Crippen molar-refractivity contribution in [3.8, 4) is 11.3 Å². The van der Waals surface area contributed by atoms with E-state index in [0.717, 1.165) is 16.8 Å². The number of aromatic nitrogens is 1. The van der Waals surface area contributed by atoms with E-state index in [9.17, 15) is 4.79 Å². The van der Waals surface area contributed by atoms with Gasteiger partial charge in [0.05, 0.1) is 5.69 Å². The minimum absolute atomic E-state index is 0.140. The number of hydrogen-bond acceptors (Lipinski definition) is 5. The predicted molar refractivity (Wildman–Crippen MR) is 84.1 cm³/mol. The Morgan fingerprint density at radius 1 is 1.42 bits per heavy atom. The summed E-state index contributed by atoms with van der Waals surface area (Å²) >= 11 is 2.75. The lowest BCUT2D eigenvalue weighted by Crippen LogP contribution is -1.83. The zero-order chi connectivity index (χ0) is 13.7. The summed E-state index contributed by atoms with van der Waals surface area (Å²) in [7, 11) is 0. The van der Waals surface area contributed by atoms with Gasteiger partial charge >= 0.3 is 0 Å². The van der Waals surface area contributed by atoms with Gasteiger partial charge in [0.1, 0.15) is 0 Å². The Kier molecular flexibility index (Phi) is 4.76. The lowest BCUT2D eigenvalue weighted by atomic mass is 10.1. The zero-order valence-electron chi connectivity index (χ0n) is 10.5. The third-order valence-electron chi connectivity index (χ3n) is 2.42. The molecule has 2 aromatic rings. The van der Waals surface area contributed by atoms with E-state index in [1.165, 1.54) is 23.1 Å². The van der Waals surface area contributed by atoms with Gasteiger partial charge in [-0.25, -0.2) is 4.98 Å². The van der Waals surface area contributed by atoms with Crippen molar-refractivity contribution in [1.82, 2.24) is 4.98 Å². The molecule has 1 aromatic carbocycles. The molecule has 0 unspecified atom stereocenters. The van der Waals surface area contributed by atoms with Crippen LogP contribution < -0.4 is 5.73 Å². The molecule has 0 aliphatic rings. The lowest BCUT2D eigenvalue weighted by Gasteiger charge is -1.98. The summed E-state index contributed by atoms with van der Waals surface area (Å²) in [5, 5.41) is 2.67. The molecule has 0 aliphatic heterocycles. The molecular weight excluding hydrogens is 276 g/mol. The number of thioether (sulfide) groups is 1. The van der Waals surface area contributed by atoms with Crippen LogP contribution in [0.25, 0.3) is 17.3 Å². The van der Waals surface area contributed by atoms with Gasteiger partial charge in [-0.2, -0.15) is 0 Å². The molecule has 1 heterocycles. The van der Waals surface area contributed by atoms with Crippen LogP contribution in [0.15, 0.2) is 35.7 Å². The number of nitrogens with two attached hydrogens (primary N) is 1. The van der Waals surface area contributed by atoms with Crippen molar-refractivity contribution in [2.45, 2.75) is 6.92 Å². The number of rotatable bonds is 4. The summed E-state index contributed by atoms with van der Waals surface area (Å²) < 4.78 is 0.